The van der Waals surface area contributed by atoms with Gasteiger partial charge in [0.2, 0.25) is 0 Å². The number of carbonyl (C=O) groups excluding carboxylic acids is 1. The van der Waals surface area contributed by atoms with Gasteiger partial charge in [-0.05, 0) is 25.7 Å². The van der Waals surface area contributed by atoms with Gasteiger partial charge in [0.05, 0.1) is 13.2 Å². The van der Waals surface area contributed by atoms with Crippen LogP contribution in [0.15, 0.2) is 24.3 Å². The van der Waals surface area contributed by atoms with Gasteiger partial charge >= 0.3 is 5.97 Å². The normalized spacial score (nSPS) is 12.7. The summed E-state index contributed by atoms with van der Waals surface area (Å²) in [6.45, 7) is 7.99. The monoisotopic (exact) mass is 212 g/mol. The Morgan fingerprint density at radius 3 is 2.80 bits per heavy atom. The molecule has 0 rings (SSSR count). The van der Waals surface area contributed by atoms with Gasteiger partial charge in [0.25, 0.3) is 0 Å². The fourth-order valence-electron chi connectivity index (χ4n) is 1.23. The quantitative estimate of drug-likeness (QED) is 0.399. The third-order valence-corrected chi connectivity index (χ3v) is 1.94. The average molecular weight is 212 g/mol. The molecule has 0 aromatic rings. The summed E-state index contributed by atoms with van der Waals surface area (Å²) >= 11 is 0. The highest BCUT2D eigenvalue weighted by atomic mass is 16.5. The Hall–Kier alpha value is -1.09. The van der Waals surface area contributed by atoms with Crippen molar-refractivity contribution in [3.63, 3.8) is 0 Å². The number of carbonyl (C=O) groups is 1. The standard InChI is InChI=1S/C12H20O3/c1-4-15-12(14)7-5-6-10(2)8-11(3)9-13/h5,7,10,13H,3-4,6,8-9H2,1-2H3/b7-5+/t10-/m0/s1. The van der Waals surface area contributed by atoms with Crippen LogP contribution >= 0.6 is 0 Å². The lowest BCUT2D eigenvalue weighted by Crippen LogP contribution is -2.01. The molecule has 15 heavy (non-hydrogen) atoms. The molecule has 0 aliphatic rings. The first-order valence-corrected chi connectivity index (χ1v) is 5.21. The zero-order valence-corrected chi connectivity index (χ0v) is 9.53. The second-order valence-corrected chi connectivity index (χ2v) is 3.61. The van der Waals surface area contributed by atoms with Crippen LogP contribution in [0.4, 0.5) is 0 Å². The highest BCUT2D eigenvalue weighted by Gasteiger charge is 2.02. The molecule has 3 nitrogen and oxygen atoms in total. The van der Waals surface area contributed by atoms with Gasteiger partial charge in [0.15, 0.2) is 0 Å². The first-order chi connectivity index (χ1) is 7.10. The number of aliphatic hydroxyl groups excluding tert-OH is 1. The van der Waals surface area contributed by atoms with E-state index in [4.69, 9.17) is 9.84 Å². The van der Waals surface area contributed by atoms with Crippen molar-refractivity contribution in [3.8, 4) is 0 Å². The van der Waals surface area contributed by atoms with Crippen LogP contribution in [0.3, 0.4) is 0 Å². The van der Waals surface area contributed by atoms with Gasteiger partial charge in [-0.3, -0.25) is 0 Å². The molecule has 0 amide bonds. The Bertz CT molecular complexity index is 231. The van der Waals surface area contributed by atoms with Crippen LogP contribution in [-0.4, -0.2) is 24.3 Å². The number of hydrogen-bond acceptors (Lipinski definition) is 3. The van der Waals surface area contributed by atoms with E-state index in [2.05, 4.69) is 13.5 Å². The minimum absolute atomic E-state index is 0.0337. The fourth-order valence-corrected chi connectivity index (χ4v) is 1.23. The molecule has 0 unspecified atom stereocenters. The van der Waals surface area contributed by atoms with E-state index in [1.54, 1.807) is 13.0 Å². The maximum atomic E-state index is 10.9. The molecule has 0 heterocycles. The summed E-state index contributed by atoms with van der Waals surface area (Å²) in [5.74, 6) is 0.0843. The predicted octanol–water partition coefficient (Wildman–Crippen LogP) is 2.07. The highest BCUT2D eigenvalue weighted by molar-refractivity contribution is 5.81. The molecule has 1 atom stereocenters. The Balaban J connectivity index is 3.74. The van der Waals surface area contributed by atoms with Crippen molar-refractivity contribution in [2.75, 3.05) is 13.2 Å². The number of allylic oxidation sites excluding steroid dienone is 1. The molecule has 0 aliphatic carbocycles. The first kappa shape index (κ1) is 13.9. The number of hydrogen-bond donors (Lipinski definition) is 1. The van der Waals surface area contributed by atoms with Crippen LogP contribution in [0.5, 0.6) is 0 Å². The molecule has 0 spiro atoms. The molecular formula is C12H20O3. The van der Waals surface area contributed by atoms with E-state index in [0.29, 0.717) is 12.5 Å². The lowest BCUT2D eigenvalue weighted by molar-refractivity contribution is -0.137. The second kappa shape index (κ2) is 8.24. The summed E-state index contributed by atoms with van der Waals surface area (Å²) in [4.78, 5) is 10.9. The Morgan fingerprint density at radius 2 is 2.27 bits per heavy atom. The van der Waals surface area contributed by atoms with E-state index >= 15 is 0 Å². The average Bonchev–Trinajstić information content (AvgIpc) is 2.18. The molecule has 0 saturated carbocycles. The fraction of sp³-hybridized carbons (Fsp3) is 0.583. The van der Waals surface area contributed by atoms with Gasteiger partial charge in [0.1, 0.15) is 0 Å². The zero-order chi connectivity index (χ0) is 11.7. The van der Waals surface area contributed by atoms with E-state index in [1.165, 1.54) is 6.08 Å². The van der Waals surface area contributed by atoms with Crippen LogP contribution < -0.4 is 0 Å². The van der Waals surface area contributed by atoms with E-state index in [1.807, 2.05) is 0 Å². The molecule has 3 heteroatoms. The number of ether oxygens (including phenoxy) is 1. The van der Waals surface area contributed by atoms with Gasteiger partial charge in [-0.2, -0.15) is 0 Å². The van der Waals surface area contributed by atoms with Crippen molar-refractivity contribution in [3.05, 3.63) is 24.3 Å². The zero-order valence-electron chi connectivity index (χ0n) is 9.53. The molecule has 86 valence electrons. The molecule has 0 saturated heterocycles. The molecule has 0 aromatic carbocycles. The summed E-state index contributed by atoms with van der Waals surface area (Å²) in [5.41, 5.74) is 0.826. The van der Waals surface area contributed by atoms with Crippen LogP contribution in [0.2, 0.25) is 0 Å². The minimum Gasteiger partial charge on any atom is -0.463 e. The van der Waals surface area contributed by atoms with Gasteiger partial charge < -0.3 is 9.84 Å². The summed E-state index contributed by atoms with van der Waals surface area (Å²) in [5, 5.41) is 8.78. The van der Waals surface area contributed by atoms with E-state index in [0.717, 1.165) is 18.4 Å². The Morgan fingerprint density at radius 1 is 1.60 bits per heavy atom. The van der Waals surface area contributed by atoms with Crippen molar-refractivity contribution < 1.29 is 14.6 Å². The summed E-state index contributed by atoms with van der Waals surface area (Å²) in [6.07, 6.45) is 4.82. The smallest absolute Gasteiger partial charge is 0.330 e. The Labute approximate surface area is 91.4 Å². The maximum absolute atomic E-state index is 10.9. The summed E-state index contributed by atoms with van der Waals surface area (Å²) < 4.78 is 4.74. The third kappa shape index (κ3) is 7.94. The van der Waals surface area contributed by atoms with Crippen molar-refractivity contribution >= 4 is 5.97 Å². The second-order valence-electron chi connectivity index (χ2n) is 3.61. The van der Waals surface area contributed by atoms with E-state index < -0.39 is 0 Å². The summed E-state index contributed by atoms with van der Waals surface area (Å²) in [6, 6.07) is 0. The number of aliphatic hydroxyl groups is 1. The van der Waals surface area contributed by atoms with Crippen LogP contribution in [0, 0.1) is 5.92 Å². The third-order valence-electron chi connectivity index (χ3n) is 1.94. The lowest BCUT2D eigenvalue weighted by atomic mass is 9.99. The number of rotatable bonds is 7. The van der Waals surface area contributed by atoms with Gasteiger partial charge in [-0.15, -0.1) is 0 Å². The summed E-state index contributed by atoms with van der Waals surface area (Å²) in [7, 11) is 0. The predicted molar refractivity (Wildman–Crippen MR) is 60.4 cm³/mol. The topological polar surface area (TPSA) is 46.5 Å². The molecule has 1 N–H and O–H groups in total. The molecule has 0 radical (unpaired) electrons. The van der Waals surface area contributed by atoms with Crippen LogP contribution in [0.25, 0.3) is 0 Å². The number of esters is 1. The molecule has 0 aliphatic heterocycles. The van der Waals surface area contributed by atoms with Crippen LogP contribution in [0.1, 0.15) is 26.7 Å². The lowest BCUT2D eigenvalue weighted by Gasteiger charge is -2.08. The first-order valence-electron chi connectivity index (χ1n) is 5.21. The van der Waals surface area contributed by atoms with Gasteiger partial charge in [-0.1, -0.05) is 25.2 Å². The van der Waals surface area contributed by atoms with Gasteiger partial charge in [0, 0.05) is 6.08 Å². The van der Waals surface area contributed by atoms with Crippen molar-refractivity contribution in [2.45, 2.75) is 26.7 Å². The van der Waals surface area contributed by atoms with Gasteiger partial charge in [-0.25, -0.2) is 4.79 Å². The molecular weight excluding hydrogens is 192 g/mol. The van der Waals surface area contributed by atoms with Crippen molar-refractivity contribution in [1.29, 1.82) is 0 Å². The molecule has 0 aromatic heterocycles. The largest absolute Gasteiger partial charge is 0.463 e. The molecule has 0 fully saturated rings. The van der Waals surface area contributed by atoms with Crippen LogP contribution in [-0.2, 0) is 9.53 Å². The van der Waals surface area contributed by atoms with Crippen molar-refractivity contribution in [1.82, 2.24) is 0 Å². The maximum Gasteiger partial charge on any atom is 0.330 e. The highest BCUT2D eigenvalue weighted by Crippen LogP contribution is 2.13. The van der Waals surface area contributed by atoms with Crippen molar-refractivity contribution in [2.24, 2.45) is 5.92 Å². The minimum atomic E-state index is -0.300. The SMILES string of the molecule is C=C(CO)C[C@@H](C)C/C=C/C(=O)OCC. The van der Waals surface area contributed by atoms with E-state index in [9.17, 15) is 4.79 Å². The van der Waals surface area contributed by atoms with E-state index in [-0.39, 0.29) is 12.6 Å². The Kier molecular flexibility index (Phi) is 7.64. The molecule has 0 bridgehead atoms.